The van der Waals surface area contributed by atoms with Crippen LogP contribution in [0.25, 0.3) is 0 Å². The first-order chi connectivity index (χ1) is 9.02. The Balaban J connectivity index is 2.19. The van der Waals surface area contributed by atoms with Gasteiger partial charge in [-0.25, -0.2) is 4.39 Å². The van der Waals surface area contributed by atoms with Crippen molar-refractivity contribution in [1.82, 2.24) is 5.48 Å². The van der Waals surface area contributed by atoms with Crippen LogP contribution in [0, 0.1) is 5.82 Å². The molecule has 102 valence electrons. The van der Waals surface area contributed by atoms with Crippen LogP contribution in [0.4, 0.5) is 10.1 Å². The van der Waals surface area contributed by atoms with E-state index in [0.717, 1.165) is 23.3 Å². The number of nitrogens with one attached hydrogen (secondary N) is 2. The number of anilines is 1. The number of rotatable bonds is 4. The molecule has 3 unspecified atom stereocenters. The van der Waals surface area contributed by atoms with Crippen molar-refractivity contribution in [3.8, 4) is 0 Å². The van der Waals surface area contributed by atoms with Gasteiger partial charge >= 0.3 is 0 Å². The summed E-state index contributed by atoms with van der Waals surface area (Å²) in [4.78, 5) is 4.88. The summed E-state index contributed by atoms with van der Waals surface area (Å²) in [6, 6.07) is 3.53. The maximum atomic E-state index is 13.7. The maximum absolute atomic E-state index is 13.7. The molecular weight excluding hydrogens is 263 g/mol. The monoisotopic (exact) mass is 281 g/mol. The van der Waals surface area contributed by atoms with Crippen molar-refractivity contribution in [3.05, 3.63) is 17.9 Å². The first-order valence-corrected chi connectivity index (χ1v) is 6.92. The van der Waals surface area contributed by atoms with E-state index in [1.54, 1.807) is 0 Å². The lowest BCUT2D eigenvalue weighted by Gasteiger charge is -2.20. The van der Waals surface area contributed by atoms with E-state index in [-0.39, 0.29) is 17.9 Å². The van der Waals surface area contributed by atoms with Gasteiger partial charge in [-0.1, -0.05) is 17.5 Å². The second-order valence-electron chi connectivity index (χ2n) is 4.74. The molecular formula is C12H18BFN3OP. The highest BCUT2D eigenvalue weighted by Gasteiger charge is 2.25. The highest BCUT2D eigenvalue weighted by Crippen LogP contribution is 2.14. The van der Waals surface area contributed by atoms with Gasteiger partial charge in [0.1, 0.15) is 19.4 Å². The molecule has 0 radical (unpaired) electrons. The summed E-state index contributed by atoms with van der Waals surface area (Å²) in [6.45, 7) is 4.03. The minimum Gasteiger partial charge on any atom is -0.377 e. The van der Waals surface area contributed by atoms with Crippen LogP contribution in [0.5, 0.6) is 0 Å². The molecule has 4 nitrogen and oxygen atoms in total. The van der Waals surface area contributed by atoms with Crippen molar-refractivity contribution in [2.45, 2.75) is 32.4 Å². The van der Waals surface area contributed by atoms with E-state index < -0.39 is 0 Å². The third-order valence-corrected chi connectivity index (χ3v) is 4.00. The van der Waals surface area contributed by atoms with Crippen LogP contribution in [0.15, 0.2) is 17.3 Å². The van der Waals surface area contributed by atoms with E-state index in [9.17, 15) is 4.39 Å². The standard InChI is InChI=1S/C12H18BFN3OP/c1-3-10(11-6(2)16-18-17-11)15-7-4-8(13)12(19)9(14)5-7/h4-6,10,15-16H,3,13,19H2,1-2H3. The second kappa shape index (κ2) is 5.89. The van der Waals surface area contributed by atoms with Crippen molar-refractivity contribution in [2.75, 3.05) is 5.32 Å². The first-order valence-electron chi connectivity index (χ1n) is 6.34. The van der Waals surface area contributed by atoms with E-state index in [1.165, 1.54) is 6.07 Å². The average Bonchev–Trinajstić information content (AvgIpc) is 2.79. The van der Waals surface area contributed by atoms with Crippen LogP contribution in [0.3, 0.4) is 0 Å². The van der Waals surface area contributed by atoms with E-state index in [1.807, 2.05) is 20.8 Å². The number of oxime groups is 1. The molecule has 2 N–H and O–H groups in total. The Hall–Kier alpha value is -1.13. The summed E-state index contributed by atoms with van der Waals surface area (Å²) < 4.78 is 13.7. The number of hydrogen-bond donors (Lipinski definition) is 2. The topological polar surface area (TPSA) is 45.7 Å². The normalized spacial score (nSPS) is 19.8. The Bertz CT molecular complexity index is 489. The fraction of sp³-hybridized carbons (Fsp3) is 0.417. The quantitative estimate of drug-likeness (QED) is 0.606. The molecule has 1 heterocycles. The van der Waals surface area contributed by atoms with Crippen molar-refractivity contribution in [3.63, 3.8) is 0 Å². The van der Waals surface area contributed by atoms with Crippen LogP contribution in [0.1, 0.15) is 20.3 Å². The summed E-state index contributed by atoms with van der Waals surface area (Å²) in [5.74, 6) is -0.224. The number of nitrogens with zero attached hydrogens (tertiary/aromatic N) is 1. The van der Waals surface area contributed by atoms with E-state index in [0.29, 0.717) is 5.30 Å². The van der Waals surface area contributed by atoms with Crippen LogP contribution in [-0.4, -0.2) is 25.6 Å². The summed E-state index contributed by atoms with van der Waals surface area (Å²) in [5, 5.41) is 7.91. The van der Waals surface area contributed by atoms with Gasteiger partial charge in [-0.2, -0.15) is 0 Å². The highest BCUT2D eigenvalue weighted by atomic mass is 31.0. The molecule has 0 saturated carbocycles. The maximum Gasteiger partial charge on any atom is 0.140 e. The number of halogens is 1. The van der Waals surface area contributed by atoms with Crippen molar-refractivity contribution in [1.29, 1.82) is 0 Å². The zero-order valence-corrected chi connectivity index (χ0v) is 12.5. The fourth-order valence-electron chi connectivity index (χ4n) is 2.09. The molecule has 1 aromatic carbocycles. The molecule has 0 aromatic heterocycles. The van der Waals surface area contributed by atoms with Gasteiger partial charge in [0.05, 0.1) is 12.1 Å². The van der Waals surface area contributed by atoms with E-state index in [2.05, 4.69) is 32.1 Å². The largest absolute Gasteiger partial charge is 0.377 e. The van der Waals surface area contributed by atoms with Crippen LogP contribution in [-0.2, 0) is 4.94 Å². The third kappa shape index (κ3) is 3.07. The molecule has 0 bridgehead atoms. The predicted molar refractivity (Wildman–Crippen MR) is 82.7 cm³/mol. The summed E-state index contributed by atoms with van der Waals surface area (Å²) in [7, 11) is 4.31. The molecule has 7 heteroatoms. The Labute approximate surface area is 115 Å². The molecule has 1 aliphatic rings. The molecule has 0 fully saturated rings. The van der Waals surface area contributed by atoms with Crippen molar-refractivity contribution >= 4 is 39.3 Å². The number of hydroxylamine groups is 1. The highest BCUT2D eigenvalue weighted by molar-refractivity contribution is 7.28. The molecule has 3 atom stereocenters. The second-order valence-corrected chi connectivity index (χ2v) is 5.32. The van der Waals surface area contributed by atoms with Gasteiger partial charge in [-0.15, -0.1) is 14.7 Å². The molecule has 19 heavy (non-hydrogen) atoms. The van der Waals surface area contributed by atoms with Gasteiger partial charge in [0.2, 0.25) is 0 Å². The Morgan fingerprint density at radius 2 is 2.37 bits per heavy atom. The predicted octanol–water partition coefficient (Wildman–Crippen LogP) is 0.0543. The lowest BCUT2D eigenvalue weighted by Crippen LogP contribution is -2.38. The fourth-order valence-corrected chi connectivity index (χ4v) is 2.25. The summed E-state index contributed by atoms with van der Waals surface area (Å²) in [5.41, 5.74) is 5.34. The average molecular weight is 281 g/mol. The molecule has 2 rings (SSSR count). The minimum absolute atomic E-state index is 0.0270. The van der Waals surface area contributed by atoms with Gasteiger partial charge in [-0.3, -0.25) is 4.94 Å². The Kier molecular flexibility index (Phi) is 4.43. The van der Waals surface area contributed by atoms with Crippen LogP contribution < -0.4 is 21.6 Å². The summed E-state index contributed by atoms with van der Waals surface area (Å²) in [6.07, 6.45) is 0.845. The first kappa shape index (κ1) is 14.3. The van der Waals surface area contributed by atoms with E-state index in [4.69, 9.17) is 4.94 Å². The molecule has 1 aliphatic heterocycles. The van der Waals surface area contributed by atoms with Gasteiger partial charge < -0.3 is 5.32 Å². The molecule has 0 spiro atoms. The molecule has 0 aliphatic carbocycles. The van der Waals surface area contributed by atoms with E-state index >= 15 is 0 Å². The van der Waals surface area contributed by atoms with Gasteiger partial charge in [0.25, 0.3) is 0 Å². The lowest BCUT2D eigenvalue weighted by molar-refractivity contribution is 0.0629. The number of benzene rings is 1. The van der Waals surface area contributed by atoms with Gasteiger partial charge in [0.15, 0.2) is 0 Å². The van der Waals surface area contributed by atoms with Crippen molar-refractivity contribution < 1.29 is 9.33 Å². The summed E-state index contributed by atoms with van der Waals surface area (Å²) >= 11 is 0. The van der Waals surface area contributed by atoms with Crippen molar-refractivity contribution in [2.24, 2.45) is 5.16 Å². The minimum atomic E-state index is -0.224. The zero-order chi connectivity index (χ0) is 14.0. The lowest BCUT2D eigenvalue weighted by atomic mass is 9.95. The van der Waals surface area contributed by atoms with Crippen LogP contribution in [0.2, 0.25) is 0 Å². The van der Waals surface area contributed by atoms with Gasteiger partial charge in [0, 0.05) is 5.69 Å². The third-order valence-electron chi connectivity index (χ3n) is 3.27. The van der Waals surface area contributed by atoms with Crippen LogP contribution >= 0.6 is 9.24 Å². The zero-order valence-electron chi connectivity index (χ0n) is 11.3. The Morgan fingerprint density at radius 1 is 1.63 bits per heavy atom. The van der Waals surface area contributed by atoms with Gasteiger partial charge in [-0.05, 0) is 30.8 Å². The molecule has 0 saturated heterocycles. The molecule has 1 aromatic rings. The number of hydrogen-bond acceptors (Lipinski definition) is 4. The molecule has 0 amide bonds. The SMILES string of the molecule is Bc1cc(NC(CC)C2=NONC2C)cc(F)c1P. The smallest absolute Gasteiger partial charge is 0.140 e. The Morgan fingerprint density at radius 3 is 2.89 bits per heavy atom.